The number of hydrogen-bond acceptors (Lipinski definition) is 3. The second kappa shape index (κ2) is 15.8. The Morgan fingerprint density at radius 1 is 0.318 bits per heavy atom. The Hall–Kier alpha value is -9.29. The molecule has 0 aliphatic heterocycles. The molecule has 3 aromatic heterocycles. The zero-order valence-electron chi connectivity index (χ0n) is 35.6. The van der Waals surface area contributed by atoms with Crippen molar-refractivity contribution >= 4 is 43.6 Å². The fraction of sp³-hybridized carbons (Fsp3) is 0. The molecule has 0 fully saturated rings. The molecule has 5 heteroatoms. The highest BCUT2D eigenvalue weighted by Crippen LogP contribution is 2.49. The average Bonchev–Trinajstić information content (AvgIpc) is 3.90. The quantitative estimate of drug-likeness (QED) is 0.160. The van der Waals surface area contributed by atoms with Gasteiger partial charge in [0, 0.05) is 38.2 Å². The summed E-state index contributed by atoms with van der Waals surface area (Å²) in [7, 11) is 0. The molecular weight excluding hydrogens is 803 g/mol. The van der Waals surface area contributed by atoms with Crippen LogP contribution in [0.1, 0.15) is 11.1 Å². The third-order valence-corrected chi connectivity index (χ3v) is 12.8. The Morgan fingerprint density at radius 2 is 0.758 bits per heavy atom. The van der Waals surface area contributed by atoms with E-state index in [0.29, 0.717) is 11.1 Å². The molecule has 0 unspecified atom stereocenters. The highest BCUT2D eigenvalue weighted by molar-refractivity contribution is 6.14. The van der Waals surface area contributed by atoms with E-state index in [2.05, 4.69) is 203 Å². The molecule has 3 heterocycles. The third kappa shape index (κ3) is 6.19. The molecule has 0 bridgehead atoms. The lowest BCUT2D eigenvalue weighted by Crippen LogP contribution is -2.10. The number of rotatable bonds is 7. The van der Waals surface area contributed by atoms with Gasteiger partial charge >= 0.3 is 0 Å². The van der Waals surface area contributed by atoms with E-state index < -0.39 is 0 Å². The van der Waals surface area contributed by atoms with Crippen LogP contribution < -0.4 is 0 Å². The van der Waals surface area contributed by atoms with E-state index in [4.69, 9.17) is 4.98 Å². The molecular formula is C61H37N5. The number of para-hydroxylation sites is 2. The molecule has 9 aromatic carbocycles. The standard InChI is InChI=1S/C61H37N5/c62-38-47-30-29-46(35-48(47)39-63)57-58(42-21-9-3-10-22-42)61(66-54-28-16-14-26-50(54)52-37-45(32-34-56(52)66)41-19-7-2-8-20-41)64-59(43-23-11-4-12-24-43)60(57)65-53-27-15-13-25-49(53)51-36-44(31-33-55(51)65)40-17-5-1-6-18-40/h1-37H. The molecule has 66 heavy (non-hydrogen) atoms. The number of fused-ring (bicyclic) bond motifs is 6. The lowest BCUT2D eigenvalue weighted by atomic mass is 9.89. The van der Waals surface area contributed by atoms with Gasteiger partial charge < -0.3 is 4.57 Å². The van der Waals surface area contributed by atoms with Gasteiger partial charge in [0.1, 0.15) is 18.0 Å². The van der Waals surface area contributed by atoms with E-state index in [1.165, 1.54) is 0 Å². The van der Waals surface area contributed by atoms with Crippen LogP contribution in [0.3, 0.4) is 0 Å². The summed E-state index contributed by atoms with van der Waals surface area (Å²) < 4.78 is 4.68. The second-order valence-corrected chi connectivity index (χ2v) is 16.5. The lowest BCUT2D eigenvalue weighted by Gasteiger charge is -2.25. The number of aromatic nitrogens is 3. The van der Waals surface area contributed by atoms with Gasteiger partial charge in [-0.25, -0.2) is 4.98 Å². The SMILES string of the molecule is N#Cc1ccc(-c2c(-c3ccccc3)c(-n3c4ccccc4c4cc(-c5ccccc5)ccc43)nc(-c3ccccc3)c2-n2c3ccccc3c3cc(-c4ccccc4)ccc32)cc1C#N. The summed E-state index contributed by atoms with van der Waals surface area (Å²) in [5.74, 6) is 0.743. The normalized spacial score (nSPS) is 11.3. The van der Waals surface area contributed by atoms with Crippen molar-refractivity contribution in [2.24, 2.45) is 0 Å². The van der Waals surface area contributed by atoms with Gasteiger partial charge in [-0.15, -0.1) is 0 Å². The number of hydrogen-bond donors (Lipinski definition) is 0. The van der Waals surface area contributed by atoms with E-state index in [1.54, 1.807) is 6.07 Å². The Kier molecular flexibility index (Phi) is 9.19. The van der Waals surface area contributed by atoms with Crippen LogP contribution in [0.15, 0.2) is 224 Å². The summed E-state index contributed by atoms with van der Waals surface area (Å²) in [5, 5.41) is 25.3. The highest BCUT2D eigenvalue weighted by Gasteiger charge is 2.30. The van der Waals surface area contributed by atoms with Gasteiger partial charge in [-0.2, -0.15) is 10.5 Å². The van der Waals surface area contributed by atoms with Crippen LogP contribution in [0.5, 0.6) is 0 Å². The van der Waals surface area contributed by atoms with E-state index in [-0.39, 0.29) is 0 Å². The maximum absolute atomic E-state index is 10.6. The summed E-state index contributed by atoms with van der Waals surface area (Å²) in [6.45, 7) is 0. The first-order chi connectivity index (χ1) is 32.7. The molecule has 5 nitrogen and oxygen atoms in total. The van der Waals surface area contributed by atoms with Crippen LogP contribution in [0.4, 0.5) is 0 Å². The minimum Gasteiger partial charge on any atom is -0.306 e. The first-order valence-corrected chi connectivity index (χ1v) is 22.0. The van der Waals surface area contributed by atoms with Gasteiger partial charge in [0.25, 0.3) is 0 Å². The molecule has 0 aliphatic rings. The maximum Gasteiger partial charge on any atom is 0.147 e. The van der Waals surface area contributed by atoms with Gasteiger partial charge in [0.15, 0.2) is 0 Å². The van der Waals surface area contributed by atoms with Gasteiger partial charge in [0.2, 0.25) is 0 Å². The first-order valence-electron chi connectivity index (χ1n) is 22.0. The van der Waals surface area contributed by atoms with Crippen molar-refractivity contribution in [2.45, 2.75) is 0 Å². The second-order valence-electron chi connectivity index (χ2n) is 16.5. The van der Waals surface area contributed by atoms with Crippen molar-refractivity contribution in [3.8, 4) is 79.4 Å². The van der Waals surface area contributed by atoms with E-state index in [0.717, 1.165) is 111 Å². The number of nitriles is 2. The van der Waals surface area contributed by atoms with E-state index >= 15 is 0 Å². The molecule has 0 saturated heterocycles. The van der Waals surface area contributed by atoms with Gasteiger partial charge in [-0.3, -0.25) is 4.57 Å². The molecule has 0 radical (unpaired) electrons. The minimum atomic E-state index is 0.305. The molecule has 0 aliphatic carbocycles. The summed E-state index contributed by atoms with van der Waals surface area (Å²) >= 11 is 0. The molecule has 12 aromatic rings. The molecule has 0 amide bonds. The number of nitrogens with zero attached hydrogens (tertiary/aromatic N) is 5. The Bertz CT molecular complexity index is 3930. The lowest BCUT2D eigenvalue weighted by molar-refractivity contribution is 1.06. The van der Waals surface area contributed by atoms with Crippen LogP contribution >= 0.6 is 0 Å². The van der Waals surface area contributed by atoms with Crippen molar-refractivity contribution in [1.29, 1.82) is 10.5 Å². The van der Waals surface area contributed by atoms with E-state index in [9.17, 15) is 10.5 Å². The van der Waals surface area contributed by atoms with Crippen LogP contribution in [0, 0.1) is 22.7 Å². The van der Waals surface area contributed by atoms with Crippen LogP contribution in [-0.4, -0.2) is 14.1 Å². The average molecular weight is 840 g/mol. The topological polar surface area (TPSA) is 70.3 Å². The first kappa shape index (κ1) is 38.4. The predicted octanol–water partition coefficient (Wildman–Crippen LogP) is 15.4. The molecule has 306 valence electrons. The Labute approximate surface area is 381 Å². The zero-order chi connectivity index (χ0) is 44.1. The largest absolute Gasteiger partial charge is 0.306 e. The van der Waals surface area contributed by atoms with Crippen LogP contribution in [0.2, 0.25) is 0 Å². The molecule has 0 spiro atoms. The van der Waals surface area contributed by atoms with E-state index in [1.807, 2.05) is 36.4 Å². The number of benzene rings is 9. The maximum atomic E-state index is 10.6. The van der Waals surface area contributed by atoms with Gasteiger partial charge in [-0.1, -0.05) is 176 Å². The van der Waals surface area contributed by atoms with Gasteiger partial charge in [-0.05, 0) is 81.9 Å². The zero-order valence-corrected chi connectivity index (χ0v) is 35.6. The molecule has 0 saturated carbocycles. The molecule has 0 N–H and O–H groups in total. The number of pyridine rings is 1. The van der Waals surface area contributed by atoms with Crippen LogP contribution in [-0.2, 0) is 0 Å². The fourth-order valence-electron chi connectivity index (χ4n) is 9.82. The molecule has 0 atom stereocenters. The molecule has 12 rings (SSSR count). The summed E-state index contributed by atoms with van der Waals surface area (Å²) in [6, 6.07) is 82.7. The van der Waals surface area contributed by atoms with Crippen molar-refractivity contribution in [3.63, 3.8) is 0 Å². The Balaban J connectivity index is 1.30. The summed E-state index contributed by atoms with van der Waals surface area (Å²) in [5.41, 5.74) is 15.3. The summed E-state index contributed by atoms with van der Waals surface area (Å²) in [6.07, 6.45) is 0. The summed E-state index contributed by atoms with van der Waals surface area (Å²) in [4.78, 5) is 5.96. The smallest absolute Gasteiger partial charge is 0.147 e. The minimum absolute atomic E-state index is 0.305. The van der Waals surface area contributed by atoms with Gasteiger partial charge in [0.05, 0.1) is 44.6 Å². The van der Waals surface area contributed by atoms with Crippen LogP contribution in [0.25, 0.3) is 111 Å². The monoisotopic (exact) mass is 839 g/mol. The predicted molar refractivity (Wildman–Crippen MR) is 270 cm³/mol. The van der Waals surface area contributed by atoms with Crippen molar-refractivity contribution in [2.75, 3.05) is 0 Å². The van der Waals surface area contributed by atoms with Crippen molar-refractivity contribution in [3.05, 3.63) is 236 Å². The fourth-order valence-corrected chi connectivity index (χ4v) is 9.82. The Morgan fingerprint density at radius 3 is 1.30 bits per heavy atom. The van der Waals surface area contributed by atoms with Crippen molar-refractivity contribution in [1.82, 2.24) is 14.1 Å². The van der Waals surface area contributed by atoms with Crippen molar-refractivity contribution < 1.29 is 0 Å². The highest BCUT2D eigenvalue weighted by atomic mass is 15.1. The third-order valence-electron chi connectivity index (χ3n) is 12.8.